The number of benzene rings is 2. The average molecular weight is 329 g/mol. The first-order chi connectivity index (χ1) is 11.0. The molecular weight excluding hydrogens is 312 g/mol. The van der Waals surface area contributed by atoms with Crippen molar-refractivity contribution in [3.8, 4) is 0 Å². The van der Waals surface area contributed by atoms with Crippen LogP contribution in [0.2, 0.25) is 5.02 Å². The van der Waals surface area contributed by atoms with Gasteiger partial charge in [0, 0.05) is 16.8 Å². The smallest absolute Gasteiger partial charge is 0.244 e. The largest absolute Gasteiger partial charge is 0.343 e. The first kappa shape index (κ1) is 16.8. The lowest BCUT2D eigenvalue weighted by Gasteiger charge is -2.09. The molecule has 118 valence electrons. The molecule has 0 atom stereocenters. The summed E-state index contributed by atoms with van der Waals surface area (Å²) < 4.78 is 0. The Labute approximate surface area is 140 Å². The Bertz CT molecular complexity index is 727. The van der Waals surface area contributed by atoms with Gasteiger partial charge in [-0.05, 0) is 36.3 Å². The van der Waals surface area contributed by atoms with E-state index in [4.69, 9.17) is 11.6 Å². The van der Waals surface area contributed by atoms with Gasteiger partial charge in [0.15, 0.2) is 0 Å². The molecular formula is C18H17ClN2O2. The van der Waals surface area contributed by atoms with Crippen molar-refractivity contribution in [2.45, 2.75) is 6.92 Å². The topological polar surface area (TPSA) is 58.2 Å². The van der Waals surface area contributed by atoms with Crippen molar-refractivity contribution < 1.29 is 9.59 Å². The first-order valence-electron chi connectivity index (χ1n) is 7.11. The Kier molecular flexibility index (Phi) is 5.94. The molecule has 2 amide bonds. The number of anilines is 1. The first-order valence-corrected chi connectivity index (χ1v) is 7.49. The van der Waals surface area contributed by atoms with Gasteiger partial charge in [-0.2, -0.15) is 0 Å². The molecule has 0 bridgehead atoms. The summed E-state index contributed by atoms with van der Waals surface area (Å²) in [4.78, 5) is 23.6. The van der Waals surface area contributed by atoms with Crippen molar-refractivity contribution in [3.63, 3.8) is 0 Å². The number of aryl methyl sites for hydroxylation is 1. The zero-order chi connectivity index (χ0) is 16.7. The van der Waals surface area contributed by atoms with Gasteiger partial charge in [0.2, 0.25) is 11.8 Å². The summed E-state index contributed by atoms with van der Waals surface area (Å²) in [6.07, 6.45) is 3.08. The van der Waals surface area contributed by atoms with E-state index in [1.807, 2.05) is 43.3 Å². The van der Waals surface area contributed by atoms with Gasteiger partial charge >= 0.3 is 0 Å². The molecule has 0 aliphatic rings. The summed E-state index contributed by atoms with van der Waals surface area (Å²) in [5.74, 6) is -0.636. The molecule has 2 rings (SSSR count). The van der Waals surface area contributed by atoms with Gasteiger partial charge in [-0.3, -0.25) is 9.59 Å². The Morgan fingerprint density at radius 2 is 1.87 bits per heavy atom. The maximum Gasteiger partial charge on any atom is 0.244 e. The van der Waals surface area contributed by atoms with Crippen LogP contribution in [0, 0.1) is 6.92 Å². The highest BCUT2D eigenvalue weighted by Crippen LogP contribution is 2.19. The maximum atomic E-state index is 11.9. The van der Waals surface area contributed by atoms with E-state index in [1.165, 1.54) is 6.08 Å². The highest BCUT2D eigenvalue weighted by atomic mass is 35.5. The van der Waals surface area contributed by atoms with Gasteiger partial charge in [-0.15, -0.1) is 0 Å². The molecule has 4 nitrogen and oxygen atoms in total. The van der Waals surface area contributed by atoms with E-state index in [-0.39, 0.29) is 18.4 Å². The molecule has 2 N–H and O–H groups in total. The van der Waals surface area contributed by atoms with Crippen LogP contribution in [0.1, 0.15) is 11.1 Å². The Balaban J connectivity index is 1.83. The van der Waals surface area contributed by atoms with E-state index in [9.17, 15) is 9.59 Å². The molecule has 0 aliphatic carbocycles. The van der Waals surface area contributed by atoms with Crippen LogP contribution in [0.25, 0.3) is 6.08 Å². The molecule has 23 heavy (non-hydrogen) atoms. The van der Waals surface area contributed by atoms with E-state index in [0.29, 0.717) is 10.7 Å². The number of rotatable bonds is 5. The van der Waals surface area contributed by atoms with Gasteiger partial charge in [0.1, 0.15) is 0 Å². The monoisotopic (exact) mass is 328 g/mol. The van der Waals surface area contributed by atoms with Crippen LogP contribution in [0.5, 0.6) is 0 Å². The lowest BCUT2D eigenvalue weighted by atomic mass is 10.2. The second-order valence-electron chi connectivity index (χ2n) is 4.97. The molecule has 0 saturated carbocycles. The van der Waals surface area contributed by atoms with Gasteiger partial charge in [-0.25, -0.2) is 0 Å². The van der Waals surface area contributed by atoms with Gasteiger partial charge in [0.05, 0.1) is 6.54 Å². The van der Waals surface area contributed by atoms with Crippen molar-refractivity contribution in [2.24, 2.45) is 0 Å². The highest BCUT2D eigenvalue weighted by molar-refractivity contribution is 6.31. The van der Waals surface area contributed by atoms with Crippen molar-refractivity contribution >= 4 is 35.2 Å². The number of amides is 2. The number of halogens is 1. The molecule has 0 spiro atoms. The van der Waals surface area contributed by atoms with Crippen LogP contribution in [0.15, 0.2) is 54.6 Å². The molecule has 2 aromatic carbocycles. The molecule has 5 heteroatoms. The Morgan fingerprint density at radius 3 is 2.61 bits per heavy atom. The van der Waals surface area contributed by atoms with Crippen molar-refractivity contribution in [3.05, 3.63) is 70.8 Å². The van der Waals surface area contributed by atoms with Crippen molar-refractivity contribution in [2.75, 3.05) is 11.9 Å². The van der Waals surface area contributed by atoms with E-state index in [1.54, 1.807) is 18.2 Å². The molecule has 0 fully saturated rings. The normalized spacial score (nSPS) is 10.5. The lowest BCUT2D eigenvalue weighted by Crippen LogP contribution is -2.31. The Morgan fingerprint density at radius 1 is 1.13 bits per heavy atom. The SMILES string of the molecule is Cc1ccc(Cl)cc1NC(=O)CNC(=O)/C=C/c1ccccc1. The summed E-state index contributed by atoms with van der Waals surface area (Å²) >= 11 is 5.90. The number of hydrogen-bond acceptors (Lipinski definition) is 2. The summed E-state index contributed by atoms with van der Waals surface area (Å²) in [5, 5.41) is 5.80. The van der Waals surface area contributed by atoms with Gasteiger partial charge in [0.25, 0.3) is 0 Å². The summed E-state index contributed by atoms with van der Waals surface area (Å²) in [6, 6.07) is 14.7. The second-order valence-corrected chi connectivity index (χ2v) is 5.41. The third-order valence-electron chi connectivity index (χ3n) is 3.12. The number of carbonyl (C=O) groups is 2. The van der Waals surface area contributed by atoms with Crippen LogP contribution < -0.4 is 10.6 Å². The number of hydrogen-bond donors (Lipinski definition) is 2. The minimum Gasteiger partial charge on any atom is -0.343 e. The zero-order valence-electron chi connectivity index (χ0n) is 12.7. The van der Waals surface area contributed by atoms with E-state index in [0.717, 1.165) is 11.1 Å². The predicted octanol–water partition coefficient (Wildman–Crippen LogP) is 3.42. The van der Waals surface area contributed by atoms with Crippen LogP contribution in [-0.2, 0) is 9.59 Å². The standard InChI is InChI=1S/C18H17ClN2O2/c1-13-7-9-15(19)11-16(13)21-18(23)12-20-17(22)10-8-14-5-3-2-4-6-14/h2-11H,12H2,1H3,(H,20,22)(H,21,23)/b10-8+. The third kappa shape index (κ3) is 5.60. The fourth-order valence-electron chi connectivity index (χ4n) is 1.89. The predicted molar refractivity (Wildman–Crippen MR) is 93.3 cm³/mol. The highest BCUT2D eigenvalue weighted by Gasteiger charge is 2.06. The summed E-state index contributed by atoms with van der Waals surface area (Å²) in [6.45, 7) is 1.76. The van der Waals surface area contributed by atoms with E-state index >= 15 is 0 Å². The van der Waals surface area contributed by atoms with E-state index in [2.05, 4.69) is 10.6 Å². The van der Waals surface area contributed by atoms with Crippen LogP contribution in [0.3, 0.4) is 0 Å². The molecule has 2 aromatic rings. The molecule has 0 unspecified atom stereocenters. The van der Waals surface area contributed by atoms with Gasteiger partial charge < -0.3 is 10.6 Å². The van der Waals surface area contributed by atoms with Crippen molar-refractivity contribution in [1.29, 1.82) is 0 Å². The maximum absolute atomic E-state index is 11.9. The van der Waals surface area contributed by atoms with Crippen LogP contribution >= 0.6 is 11.6 Å². The number of nitrogens with one attached hydrogen (secondary N) is 2. The number of carbonyl (C=O) groups excluding carboxylic acids is 2. The average Bonchev–Trinajstić information content (AvgIpc) is 2.55. The van der Waals surface area contributed by atoms with Crippen LogP contribution in [0.4, 0.5) is 5.69 Å². The second kappa shape index (κ2) is 8.15. The quantitative estimate of drug-likeness (QED) is 0.826. The summed E-state index contributed by atoms with van der Waals surface area (Å²) in [7, 11) is 0. The minimum atomic E-state index is -0.327. The molecule has 0 heterocycles. The zero-order valence-corrected chi connectivity index (χ0v) is 13.4. The minimum absolute atomic E-state index is 0.107. The fourth-order valence-corrected chi connectivity index (χ4v) is 2.06. The van der Waals surface area contributed by atoms with Gasteiger partial charge in [-0.1, -0.05) is 48.0 Å². The molecule has 0 aromatic heterocycles. The fraction of sp³-hybridized carbons (Fsp3) is 0.111. The van der Waals surface area contributed by atoms with Crippen LogP contribution in [-0.4, -0.2) is 18.4 Å². The lowest BCUT2D eigenvalue weighted by molar-refractivity contribution is -0.121. The Hall–Kier alpha value is -2.59. The molecule has 0 aliphatic heterocycles. The molecule has 0 radical (unpaired) electrons. The van der Waals surface area contributed by atoms with Crippen molar-refractivity contribution in [1.82, 2.24) is 5.32 Å². The molecule has 0 saturated heterocycles. The summed E-state index contributed by atoms with van der Waals surface area (Å²) in [5.41, 5.74) is 2.45. The van der Waals surface area contributed by atoms with E-state index < -0.39 is 0 Å². The third-order valence-corrected chi connectivity index (χ3v) is 3.36.